The summed E-state index contributed by atoms with van der Waals surface area (Å²) in [7, 11) is -2.67. The molecule has 2 aromatic carbocycles. The molecule has 0 aliphatic carbocycles. The molecular formula is C31H49ClO2Si. The van der Waals surface area contributed by atoms with Crippen molar-refractivity contribution in [1.29, 1.82) is 0 Å². The average molecular weight is 517 g/mol. The van der Waals surface area contributed by atoms with E-state index in [9.17, 15) is 0 Å². The third-order valence-electron chi connectivity index (χ3n) is 7.06. The molecule has 2 unspecified atom stereocenters. The van der Waals surface area contributed by atoms with E-state index in [-0.39, 0.29) is 0 Å². The van der Waals surface area contributed by atoms with Crippen LogP contribution in [0.3, 0.4) is 0 Å². The Morgan fingerprint density at radius 3 is 1.91 bits per heavy atom. The van der Waals surface area contributed by atoms with E-state index in [1.165, 1.54) is 55.3 Å². The van der Waals surface area contributed by atoms with Crippen molar-refractivity contribution in [2.75, 3.05) is 0 Å². The van der Waals surface area contributed by atoms with E-state index in [0.29, 0.717) is 0 Å². The van der Waals surface area contributed by atoms with Crippen molar-refractivity contribution in [3.8, 4) is 0 Å². The predicted octanol–water partition coefficient (Wildman–Crippen LogP) is 8.50. The van der Waals surface area contributed by atoms with Crippen molar-refractivity contribution in [2.45, 2.75) is 123 Å². The van der Waals surface area contributed by atoms with Gasteiger partial charge in [-0.1, -0.05) is 121 Å². The monoisotopic (exact) mass is 516 g/mol. The molecule has 196 valence electrons. The zero-order valence-corrected chi connectivity index (χ0v) is 24.8. The highest BCUT2D eigenvalue weighted by molar-refractivity contribution is 6.97. The summed E-state index contributed by atoms with van der Waals surface area (Å²) < 4.78 is 6.66. The number of halogens is 1. The second-order valence-electron chi connectivity index (χ2n) is 9.83. The second kappa shape index (κ2) is 16.6. The quantitative estimate of drug-likeness (QED) is 0.0855. The third-order valence-corrected chi connectivity index (χ3v) is 11.5. The maximum Gasteiger partial charge on any atom is 0.300 e. The normalized spacial score (nSPS) is 14.1. The fourth-order valence-corrected chi connectivity index (χ4v) is 9.14. The van der Waals surface area contributed by atoms with Gasteiger partial charge in [-0.3, -0.25) is 4.58 Å². The Hall–Kier alpha value is -1.13. The highest BCUT2D eigenvalue weighted by atomic mass is 35.5. The van der Waals surface area contributed by atoms with Crippen LogP contribution in [0.2, 0.25) is 6.04 Å². The maximum atomic E-state index is 6.66. The molecular weight excluding hydrogens is 468 g/mol. The Morgan fingerprint density at radius 2 is 1.31 bits per heavy atom. The van der Waals surface area contributed by atoms with Crippen LogP contribution >= 0.6 is 11.6 Å². The van der Waals surface area contributed by atoms with Gasteiger partial charge in [0.05, 0.1) is 0 Å². The molecule has 0 bridgehead atoms. The molecule has 0 spiro atoms. The molecule has 0 N–H and O–H groups in total. The van der Waals surface area contributed by atoms with Gasteiger partial charge in [0.1, 0.15) is 0 Å². The summed E-state index contributed by atoms with van der Waals surface area (Å²) in [5.41, 5.74) is 4.25. The minimum absolute atomic E-state index is 0.435. The largest absolute Gasteiger partial charge is 0.300 e. The minimum atomic E-state index is -2.67. The standard InChI is InChI=1S/C31H49ClO2Si/c1-6-11-18-26-23-24-30(29(22-13-8-3)28(26)21-12-7-2)35(25-14-9-4,34-33-31(32)10-5)27-19-16-15-17-20-27/h15-17,19-20,23-24,31H,6-14,18,21-22,25H2,1-5H3. The average Bonchev–Trinajstić information content (AvgIpc) is 2.90. The van der Waals surface area contributed by atoms with Crippen LogP contribution in [-0.4, -0.2) is 13.9 Å². The number of unbranched alkanes of at least 4 members (excludes halogenated alkanes) is 4. The molecule has 0 heterocycles. The highest BCUT2D eigenvalue weighted by Crippen LogP contribution is 2.27. The lowest BCUT2D eigenvalue weighted by atomic mass is 9.91. The fourth-order valence-electron chi connectivity index (χ4n) is 4.93. The molecule has 2 nitrogen and oxygen atoms in total. The molecule has 0 saturated carbocycles. The van der Waals surface area contributed by atoms with Gasteiger partial charge < -0.3 is 0 Å². The van der Waals surface area contributed by atoms with Gasteiger partial charge in [0, 0.05) is 0 Å². The first kappa shape index (κ1) is 30.1. The Bertz CT molecular complexity index is 841. The first-order chi connectivity index (χ1) is 17.1. The molecule has 0 aliphatic heterocycles. The van der Waals surface area contributed by atoms with E-state index in [0.717, 1.165) is 38.1 Å². The molecule has 2 atom stereocenters. The zero-order valence-electron chi connectivity index (χ0n) is 23.0. The van der Waals surface area contributed by atoms with E-state index in [2.05, 4.69) is 70.2 Å². The van der Waals surface area contributed by atoms with Crippen molar-refractivity contribution in [1.82, 2.24) is 0 Å². The van der Waals surface area contributed by atoms with Crippen LogP contribution in [0.5, 0.6) is 0 Å². The molecule has 0 saturated heterocycles. The van der Waals surface area contributed by atoms with Gasteiger partial charge in [-0.2, -0.15) is 0 Å². The number of hydrogen-bond donors (Lipinski definition) is 0. The molecule has 35 heavy (non-hydrogen) atoms. The lowest BCUT2D eigenvalue weighted by molar-refractivity contribution is -0.230. The van der Waals surface area contributed by atoms with Gasteiger partial charge in [0.2, 0.25) is 0 Å². The first-order valence-corrected chi connectivity index (χ1v) is 16.8. The molecule has 2 rings (SSSR count). The van der Waals surface area contributed by atoms with Crippen LogP contribution < -0.4 is 10.4 Å². The molecule has 2 aromatic rings. The Morgan fingerprint density at radius 1 is 0.714 bits per heavy atom. The van der Waals surface area contributed by atoms with E-state index < -0.39 is 13.9 Å². The van der Waals surface area contributed by atoms with E-state index >= 15 is 0 Å². The van der Waals surface area contributed by atoms with Crippen LogP contribution in [0.1, 0.15) is 109 Å². The lowest BCUT2D eigenvalue weighted by Gasteiger charge is -2.34. The summed E-state index contributed by atoms with van der Waals surface area (Å²) in [6.45, 7) is 11.2. The molecule has 0 aromatic heterocycles. The highest BCUT2D eigenvalue weighted by Gasteiger charge is 2.43. The van der Waals surface area contributed by atoms with Crippen molar-refractivity contribution in [3.05, 3.63) is 59.2 Å². The van der Waals surface area contributed by atoms with Crippen molar-refractivity contribution in [2.24, 2.45) is 0 Å². The van der Waals surface area contributed by atoms with E-state index in [4.69, 9.17) is 21.1 Å². The number of benzene rings is 2. The van der Waals surface area contributed by atoms with Gasteiger partial charge in [-0.15, -0.1) is 0 Å². The zero-order chi connectivity index (χ0) is 25.5. The van der Waals surface area contributed by atoms with Gasteiger partial charge in [0.25, 0.3) is 0 Å². The number of aryl methyl sites for hydroxylation is 1. The molecule has 0 fully saturated rings. The second-order valence-corrected chi connectivity index (χ2v) is 13.8. The summed E-state index contributed by atoms with van der Waals surface area (Å²) in [4.78, 5) is 5.97. The lowest BCUT2D eigenvalue weighted by Crippen LogP contribution is -2.62. The summed E-state index contributed by atoms with van der Waals surface area (Å²) in [5, 5.41) is 2.70. The Kier molecular flexibility index (Phi) is 14.3. The first-order valence-electron chi connectivity index (χ1n) is 14.3. The maximum absolute atomic E-state index is 6.66. The van der Waals surface area contributed by atoms with Crippen LogP contribution in [0.25, 0.3) is 0 Å². The van der Waals surface area contributed by atoms with Gasteiger partial charge in [-0.25, -0.2) is 4.89 Å². The number of rotatable bonds is 18. The Balaban J connectivity index is 2.79. The predicted molar refractivity (Wildman–Crippen MR) is 156 cm³/mol. The molecule has 0 amide bonds. The summed E-state index contributed by atoms with van der Waals surface area (Å²) in [6.07, 6.45) is 13.7. The SMILES string of the molecule is CCCCc1ccc([Si](CCCC)(OOC(Cl)CC)c2ccccc2)c(CCCC)c1CCCC. The van der Waals surface area contributed by atoms with Crippen molar-refractivity contribution >= 4 is 30.3 Å². The smallest absolute Gasteiger partial charge is 0.273 e. The molecule has 4 heteroatoms. The summed E-state index contributed by atoms with van der Waals surface area (Å²) in [6, 6.07) is 16.7. The number of hydrogen-bond acceptors (Lipinski definition) is 2. The van der Waals surface area contributed by atoms with E-state index in [1.807, 2.05) is 6.92 Å². The van der Waals surface area contributed by atoms with Crippen LogP contribution in [0, 0.1) is 0 Å². The summed E-state index contributed by atoms with van der Waals surface area (Å²) >= 11 is 6.46. The fraction of sp³-hybridized carbons (Fsp3) is 0.613. The van der Waals surface area contributed by atoms with Crippen LogP contribution in [-0.2, 0) is 28.7 Å². The molecule has 0 radical (unpaired) electrons. The topological polar surface area (TPSA) is 18.5 Å². The van der Waals surface area contributed by atoms with Crippen molar-refractivity contribution < 1.29 is 9.46 Å². The van der Waals surface area contributed by atoms with E-state index in [1.54, 1.807) is 16.7 Å². The van der Waals surface area contributed by atoms with Crippen LogP contribution in [0.4, 0.5) is 0 Å². The van der Waals surface area contributed by atoms with Gasteiger partial charge >= 0.3 is 8.32 Å². The van der Waals surface area contributed by atoms with Gasteiger partial charge in [0.15, 0.2) is 5.56 Å². The minimum Gasteiger partial charge on any atom is -0.273 e. The Labute approximate surface area is 221 Å². The van der Waals surface area contributed by atoms with Crippen LogP contribution in [0.15, 0.2) is 42.5 Å². The summed E-state index contributed by atoms with van der Waals surface area (Å²) in [5.74, 6) is 0. The van der Waals surface area contributed by atoms with Crippen molar-refractivity contribution in [3.63, 3.8) is 0 Å². The third kappa shape index (κ3) is 8.45. The van der Waals surface area contributed by atoms with Gasteiger partial charge in [-0.05, 0) is 78.1 Å². The number of alkyl halides is 1. The molecule has 0 aliphatic rings.